The number of benzene rings is 3. The van der Waals surface area contributed by atoms with E-state index in [0.717, 1.165) is 16.5 Å². The molecule has 0 fully saturated rings. The molecule has 4 aromatic rings. The Morgan fingerprint density at radius 2 is 1.67 bits per heavy atom. The van der Waals surface area contributed by atoms with Gasteiger partial charge in [0.05, 0.1) is 6.21 Å². The molecule has 0 aliphatic heterocycles. The molecule has 0 aliphatic rings. The summed E-state index contributed by atoms with van der Waals surface area (Å²) in [6.07, 6.45) is 3.41. The molecule has 3 N–H and O–H groups in total. The number of aromatic nitrogens is 1. The zero-order chi connectivity index (χ0) is 20.9. The van der Waals surface area contributed by atoms with Gasteiger partial charge in [-0.25, -0.2) is 5.43 Å². The van der Waals surface area contributed by atoms with Crippen molar-refractivity contribution in [3.8, 4) is 0 Å². The number of carbonyl (C=O) groups excluding carboxylic acids is 2. The van der Waals surface area contributed by atoms with Gasteiger partial charge in [-0.2, -0.15) is 5.10 Å². The number of anilines is 1. The molecule has 6 nitrogen and oxygen atoms in total. The first-order valence-corrected chi connectivity index (χ1v) is 9.54. The summed E-state index contributed by atoms with van der Waals surface area (Å²) in [6, 6.07) is 21.1. The molecule has 148 valence electrons. The van der Waals surface area contributed by atoms with Gasteiger partial charge >= 0.3 is 0 Å². The summed E-state index contributed by atoms with van der Waals surface area (Å²) in [6.45, 7) is 0. The van der Waals surface area contributed by atoms with Crippen LogP contribution in [-0.2, 0) is 0 Å². The quantitative estimate of drug-likeness (QED) is 0.321. The number of carbonyl (C=O) groups is 2. The summed E-state index contributed by atoms with van der Waals surface area (Å²) in [5.41, 5.74) is 5.67. The molecule has 4 rings (SSSR count). The molecule has 2 amide bonds. The van der Waals surface area contributed by atoms with E-state index in [1.165, 1.54) is 0 Å². The van der Waals surface area contributed by atoms with Crippen LogP contribution in [0.25, 0.3) is 10.9 Å². The molecule has 3 aromatic carbocycles. The predicted molar refractivity (Wildman–Crippen MR) is 119 cm³/mol. The summed E-state index contributed by atoms with van der Waals surface area (Å²) in [5.74, 6) is -0.697. The minimum atomic E-state index is -0.384. The molecule has 0 aliphatic carbocycles. The van der Waals surface area contributed by atoms with E-state index >= 15 is 0 Å². The molecule has 0 radical (unpaired) electrons. The number of rotatable bonds is 5. The van der Waals surface area contributed by atoms with Gasteiger partial charge in [0.15, 0.2) is 0 Å². The first-order valence-electron chi connectivity index (χ1n) is 9.17. The average molecular weight is 417 g/mol. The third-order valence-corrected chi connectivity index (χ3v) is 4.70. The van der Waals surface area contributed by atoms with Crippen molar-refractivity contribution < 1.29 is 9.59 Å². The van der Waals surface area contributed by atoms with Gasteiger partial charge in [-0.3, -0.25) is 9.59 Å². The molecule has 30 heavy (non-hydrogen) atoms. The maximum absolute atomic E-state index is 12.4. The first-order chi connectivity index (χ1) is 14.6. The molecular weight excluding hydrogens is 400 g/mol. The fourth-order valence-electron chi connectivity index (χ4n) is 3.00. The topological polar surface area (TPSA) is 86.3 Å². The van der Waals surface area contributed by atoms with Crippen LogP contribution < -0.4 is 10.7 Å². The number of nitrogens with zero attached hydrogens (tertiary/aromatic N) is 1. The number of para-hydroxylation sites is 1. The number of fused-ring (bicyclic) bond motifs is 1. The maximum atomic E-state index is 12.4. The molecule has 0 atom stereocenters. The Bertz CT molecular complexity index is 1260. The molecule has 0 unspecified atom stereocenters. The summed E-state index contributed by atoms with van der Waals surface area (Å²) in [4.78, 5) is 27.9. The van der Waals surface area contributed by atoms with Gasteiger partial charge in [0.1, 0.15) is 0 Å². The number of hydrazone groups is 1. The maximum Gasteiger partial charge on any atom is 0.271 e. The number of aromatic amines is 1. The van der Waals surface area contributed by atoms with E-state index in [1.54, 1.807) is 54.7 Å². The lowest BCUT2D eigenvalue weighted by Crippen LogP contribution is -2.18. The van der Waals surface area contributed by atoms with Gasteiger partial charge in [0, 0.05) is 44.5 Å². The lowest BCUT2D eigenvalue weighted by molar-refractivity contribution is 0.0953. The third kappa shape index (κ3) is 4.39. The number of hydrogen-bond donors (Lipinski definition) is 3. The highest BCUT2D eigenvalue weighted by Crippen LogP contribution is 2.16. The number of amides is 2. The lowest BCUT2D eigenvalue weighted by atomic mass is 10.1. The second-order valence-electron chi connectivity index (χ2n) is 6.53. The fraction of sp³-hybridized carbons (Fsp3) is 0. The van der Waals surface area contributed by atoms with E-state index in [-0.39, 0.29) is 11.8 Å². The highest BCUT2D eigenvalue weighted by molar-refractivity contribution is 6.31. The van der Waals surface area contributed by atoms with Crippen molar-refractivity contribution >= 4 is 46.2 Å². The van der Waals surface area contributed by atoms with E-state index in [9.17, 15) is 9.59 Å². The van der Waals surface area contributed by atoms with Gasteiger partial charge < -0.3 is 10.3 Å². The zero-order valence-corrected chi connectivity index (χ0v) is 16.5. The monoisotopic (exact) mass is 416 g/mol. The smallest absolute Gasteiger partial charge is 0.271 e. The Kier molecular flexibility index (Phi) is 5.59. The van der Waals surface area contributed by atoms with E-state index in [4.69, 9.17) is 11.6 Å². The summed E-state index contributed by atoms with van der Waals surface area (Å²) >= 11 is 5.93. The SMILES string of the molecule is O=C(N/N=C/c1c[nH]c2ccccc12)c1cccc(NC(=O)c2cccc(Cl)c2)c1. The first kappa shape index (κ1) is 19.4. The van der Waals surface area contributed by atoms with Crippen molar-refractivity contribution in [2.45, 2.75) is 0 Å². The third-order valence-electron chi connectivity index (χ3n) is 4.46. The van der Waals surface area contributed by atoms with Gasteiger partial charge in [-0.05, 0) is 42.5 Å². The Morgan fingerprint density at radius 3 is 2.50 bits per heavy atom. The second-order valence-corrected chi connectivity index (χ2v) is 6.97. The zero-order valence-electron chi connectivity index (χ0n) is 15.7. The predicted octanol–water partition coefficient (Wildman–Crippen LogP) is 4.84. The standard InChI is InChI=1S/C23H17ClN4O2/c24-18-7-3-5-15(11-18)22(29)27-19-8-4-6-16(12-19)23(30)28-26-14-17-13-25-21-10-2-1-9-20(17)21/h1-14,25H,(H,27,29)(H,28,30)/b26-14+. The van der Waals surface area contributed by atoms with Crippen LogP contribution in [0.3, 0.4) is 0 Å². The van der Waals surface area contributed by atoms with Crippen molar-refractivity contribution in [1.82, 2.24) is 10.4 Å². The van der Waals surface area contributed by atoms with Crippen LogP contribution in [0.15, 0.2) is 84.1 Å². The minimum Gasteiger partial charge on any atom is -0.361 e. The van der Waals surface area contributed by atoms with Gasteiger partial charge in [-0.15, -0.1) is 0 Å². The number of nitrogens with one attached hydrogen (secondary N) is 3. The van der Waals surface area contributed by atoms with Gasteiger partial charge in [0.25, 0.3) is 11.8 Å². The van der Waals surface area contributed by atoms with Crippen molar-refractivity contribution in [2.24, 2.45) is 5.10 Å². The van der Waals surface area contributed by atoms with Crippen LogP contribution in [0.4, 0.5) is 5.69 Å². The van der Waals surface area contributed by atoms with Crippen molar-refractivity contribution in [2.75, 3.05) is 5.32 Å². The van der Waals surface area contributed by atoms with Crippen molar-refractivity contribution in [1.29, 1.82) is 0 Å². The second kappa shape index (κ2) is 8.63. The van der Waals surface area contributed by atoms with Gasteiger partial charge in [0.2, 0.25) is 0 Å². The Balaban J connectivity index is 1.43. The summed E-state index contributed by atoms with van der Waals surface area (Å²) in [5, 5.41) is 8.29. The molecular formula is C23H17ClN4O2. The summed E-state index contributed by atoms with van der Waals surface area (Å²) in [7, 11) is 0. The van der Waals surface area contributed by atoms with E-state index in [2.05, 4.69) is 20.8 Å². The Hall–Kier alpha value is -3.90. The van der Waals surface area contributed by atoms with Crippen LogP contribution >= 0.6 is 11.6 Å². The largest absolute Gasteiger partial charge is 0.361 e. The van der Waals surface area contributed by atoms with Crippen LogP contribution in [0.5, 0.6) is 0 Å². The van der Waals surface area contributed by atoms with Crippen LogP contribution in [0.1, 0.15) is 26.3 Å². The number of halogens is 1. The lowest BCUT2D eigenvalue weighted by Gasteiger charge is -2.07. The molecule has 0 spiro atoms. The van der Waals surface area contributed by atoms with Crippen LogP contribution in [0.2, 0.25) is 5.02 Å². The van der Waals surface area contributed by atoms with Crippen molar-refractivity contribution in [3.05, 3.63) is 101 Å². The Labute approximate surface area is 177 Å². The van der Waals surface area contributed by atoms with E-state index in [1.807, 2.05) is 30.5 Å². The number of hydrogen-bond acceptors (Lipinski definition) is 3. The highest BCUT2D eigenvalue weighted by atomic mass is 35.5. The average Bonchev–Trinajstić information content (AvgIpc) is 3.17. The molecule has 1 heterocycles. The van der Waals surface area contributed by atoms with Crippen LogP contribution in [-0.4, -0.2) is 23.0 Å². The fourth-order valence-corrected chi connectivity index (χ4v) is 3.19. The molecule has 0 saturated carbocycles. The Morgan fingerprint density at radius 1 is 0.900 bits per heavy atom. The van der Waals surface area contributed by atoms with Crippen molar-refractivity contribution in [3.63, 3.8) is 0 Å². The van der Waals surface area contributed by atoms with E-state index < -0.39 is 0 Å². The van der Waals surface area contributed by atoms with Crippen LogP contribution in [0, 0.1) is 0 Å². The minimum absolute atomic E-state index is 0.313. The molecule has 7 heteroatoms. The summed E-state index contributed by atoms with van der Waals surface area (Å²) < 4.78 is 0. The van der Waals surface area contributed by atoms with Gasteiger partial charge in [-0.1, -0.05) is 41.9 Å². The normalized spacial score (nSPS) is 11.0. The highest BCUT2D eigenvalue weighted by Gasteiger charge is 2.09. The molecule has 0 saturated heterocycles. The molecule has 0 bridgehead atoms. The molecule has 1 aromatic heterocycles. The van der Waals surface area contributed by atoms with E-state index in [0.29, 0.717) is 21.8 Å². The number of H-pyrrole nitrogens is 1.